The highest BCUT2D eigenvalue weighted by molar-refractivity contribution is 7.51. The van der Waals surface area contributed by atoms with Gasteiger partial charge in [-0.25, -0.2) is 13.8 Å². The molecule has 1 aliphatic rings. The van der Waals surface area contributed by atoms with Crippen LogP contribution in [0.15, 0.2) is 47.3 Å². The van der Waals surface area contributed by atoms with Crippen molar-refractivity contribution < 1.29 is 74.6 Å². The van der Waals surface area contributed by atoms with E-state index in [4.69, 9.17) is 19.1 Å². The highest BCUT2D eigenvalue weighted by Gasteiger charge is 2.41. The van der Waals surface area contributed by atoms with E-state index in [1.54, 1.807) is 0 Å². The molecule has 1 aromatic heterocycles. The lowest BCUT2D eigenvalue weighted by atomic mass is 10.0. The average Bonchev–Trinajstić information content (AvgIpc) is 3.47. The second-order valence-electron chi connectivity index (χ2n) is 12.0. The van der Waals surface area contributed by atoms with Crippen LogP contribution >= 0.6 is 7.75 Å². The number of halogens is 7. The van der Waals surface area contributed by atoms with Gasteiger partial charge in [-0.05, 0) is 55.4 Å². The fourth-order valence-electron chi connectivity index (χ4n) is 5.49. The van der Waals surface area contributed by atoms with E-state index in [9.17, 15) is 60.3 Å². The van der Waals surface area contributed by atoms with E-state index in [-0.39, 0.29) is 36.0 Å². The van der Waals surface area contributed by atoms with Crippen molar-refractivity contribution in [1.82, 2.24) is 24.8 Å². The van der Waals surface area contributed by atoms with Gasteiger partial charge in [-0.2, -0.15) is 26.3 Å². The van der Waals surface area contributed by atoms with Gasteiger partial charge in [0.05, 0.1) is 43.0 Å². The van der Waals surface area contributed by atoms with Crippen LogP contribution in [0, 0.1) is 5.82 Å². The Morgan fingerprint density at radius 3 is 2.21 bits per heavy atom. The summed E-state index contributed by atoms with van der Waals surface area (Å²) in [7, 11) is -3.92. The summed E-state index contributed by atoms with van der Waals surface area (Å²) in [6, 6.07) is 4.72. The number of morpholine rings is 1. The van der Waals surface area contributed by atoms with Crippen LogP contribution in [0.2, 0.25) is 0 Å². The van der Waals surface area contributed by atoms with Crippen LogP contribution in [-0.2, 0) is 37.5 Å². The molecule has 0 spiro atoms. The molecule has 2 heterocycles. The van der Waals surface area contributed by atoms with Gasteiger partial charge in [0.1, 0.15) is 36.1 Å². The predicted octanol–water partition coefficient (Wildman–Crippen LogP) is 2.05. The molecule has 2 aromatic carbocycles. The van der Waals surface area contributed by atoms with Crippen LogP contribution < -0.4 is 11.0 Å². The van der Waals surface area contributed by atoms with Crippen molar-refractivity contribution in [3.63, 3.8) is 0 Å². The smallest absolute Gasteiger partial charge is 0.394 e. The molecule has 0 radical (unpaired) electrons. The Hall–Kier alpha value is -3.28. The second kappa shape index (κ2) is 17.0. The topological polar surface area (TPSA) is 212 Å². The van der Waals surface area contributed by atoms with E-state index in [1.165, 1.54) is 31.0 Å². The maximum atomic E-state index is 13.9. The Morgan fingerprint density at radius 2 is 1.66 bits per heavy atom. The first-order valence-corrected chi connectivity index (χ1v) is 17.2. The fraction of sp³-hybridized carbons (Fsp3) is 0.533. The third kappa shape index (κ3) is 10.5. The molecular weight excluding hydrogens is 754 g/mol. The van der Waals surface area contributed by atoms with Gasteiger partial charge in [0.25, 0.3) is 0 Å². The van der Waals surface area contributed by atoms with Crippen molar-refractivity contribution in [2.24, 2.45) is 0 Å². The summed E-state index contributed by atoms with van der Waals surface area (Å²) in [5, 5.41) is 45.7. The molecule has 1 aliphatic heterocycles. The van der Waals surface area contributed by atoms with Gasteiger partial charge < -0.3 is 40.1 Å². The Balaban J connectivity index is 1.63. The Labute approximate surface area is 296 Å². The van der Waals surface area contributed by atoms with Crippen molar-refractivity contribution in [2.75, 3.05) is 33.4 Å². The summed E-state index contributed by atoms with van der Waals surface area (Å²) in [6.45, 7) is -0.616. The number of likely N-dealkylation sites (N-methyl/N-ethyl adjacent to an activating group) is 1. The van der Waals surface area contributed by atoms with E-state index in [2.05, 4.69) is 15.4 Å². The molecule has 8 atom stereocenters. The standard InChI is InChI=1S/C30H37F7N5O10P/c1-15(17-9-18(29(32,33)34)11-19(10-17)30(35,36)37)51-27-24(16-3-5-20(31)6-4-16)41(7-8-50-27)13-23-39-28(47)42(40-23)53(48,49)52-22(12-38-2)26(46)25(45)21(44)14-43/h3-6,9-11,15,21-22,24-27,38,43-46H,7-8,12-14H2,1-2H3,(H,48,49)(H,39,40,47)/t15-,21-,22+,24+,25-,26-,27-/m1/s1. The van der Waals surface area contributed by atoms with Crippen molar-refractivity contribution >= 4 is 7.75 Å². The zero-order chi connectivity index (χ0) is 39.5. The third-order valence-electron chi connectivity index (χ3n) is 8.17. The number of hydrogen-bond donors (Lipinski definition) is 7. The monoisotopic (exact) mass is 791 g/mol. The Kier molecular flexibility index (Phi) is 13.6. The second-order valence-corrected chi connectivity index (χ2v) is 13.6. The first kappa shape index (κ1) is 42.5. The van der Waals surface area contributed by atoms with Crippen molar-refractivity contribution in [1.29, 1.82) is 0 Å². The number of aliphatic hydroxyl groups is 4. The van der Waals surface area contributed by atoms with Gasteiger partial charge >= 0.3 is 25.8 Å². The molecule has 3 aromatic rings. The number of benzene rings is 2. The normalized spacial score (nSPS) is 21.5. The van der Waals surface area contributed by atoms with Crippen LogP contribution in [0.5, 0.6) is 0 Å². The molecular formula is C30H37F7N5O10P. The predicted molar refractivity (Wildman–Crippen MR) is 167 cm³/mol. The van der Waals surface area contributed by atoms with Crippen molar-refractivity contribution in [3.05, 3.63) is 86.8 Å². The van der Waals surface area contributed by atoms with Gasteiger partial charge in [-0.15, -0.1) is 9.55 Å². The van der Waals surface area contributed by atoms with Crippen molar-refractivity contribution in [3.8, 4) is 0 Å². The number of rotatable bonds is 15. The number of nitrogens with zero attached hydrogens (tertiary/aromatic N) is 3. The first-order valence-electron chi connectivity index (χ1n) is 15.7. The molecule has 1 saturated heterocycles. The van der Waals surface area contributed by atoms with Crippen LogP contribution in [0.25, 0.3) is 0 Å². The molecule has 1 unspecified atom stereocenters. The van der Waals surface area contributed by atoms with Gasteiger partial charge in [0.15, 0.2) is 6.29 Å². The van der Waals surface area contributed by atoms with E-state index < -0.39 is 104 Å². The SMILES string of the molecule is CNC[C@H](OP(=O)(O)n1nc(CN2CCO[C@H](O[C@H](C)c3cc(C(F)(F)F)cc(C(F)(F)F)c3)[C@@H]2c2ccc(F)cc2)[nH]c1=O)[C@@H](O)[C@H](O)[C@H](O)CO. The van der Waals surface area contributed by atoms with E-state index in [1.807, 2.05) is 0 Å². The van der Waals surface area contributed by atoms with Gasteiger partial charge in [0, 0.05) is 13.1 Å². The molecule has 53 heavy (non-hydrogen) atoms. The van der Waals surface area contributed by atoms with Gasteiger partial charge in [0.2, 0.25) is 0 Å². The van der Waals surface area contributed by atoms with Crippen LogP contribution in [0.3, 0.4) is 0 Å². The Morgan fingerprint density at radius 1 is 1.06 bits per heavy atom. The third-order valence-corrected chi connectivity index (χ3v) is 9.47. The zero-order valence-electron chi connectivity index (χ0n) is 27.8. The van der Waals surface area contributed by atoms with E-state index in [0.717, 1.165) is 12.1 Å². The lowest BCUT2D eigenvalue weighted by molar-refractivity contribution is -0.231. The molecule has 296 valence electrons. The summed E-state index contributed by atoms with van der Waals surface area (Å²) in [5.41, 5.74) is -4.57. The molecule has 0 bridgehead atoms. The number of alkyl halides is 6. The summed E-state index contributed by atoms with van der Waals surface area (Å²) in [4.78, 5) is 27.4. The number of nitrogens with one attached hydrogen (secondary N) is 2. The number of H-pyrrole nitrogens is 1. The quantitative estimate of drug-likeness (QED) is 0.0870. The number of aliphatic hydroxyl groups excluding tert-OH is 4. The maximum absolute atomic E-state index is 13.9. The highest BCUT2D eigenvalue weighted by atomic mass is 31.2. The first-order chi connectivity index (χ1) is 24.7. The number of aromatic amines is 1. The average molecular weight is 792 g/mol. The molecule has 1 fully saturated rings. The van der Waals surface area contributed by atoms with Crippen LogP contribution in [-0.4, -0.2) is 109 Å². The molecule has 0 aliphatic carbocycles. The molecule has 0 amide bonds. The lowest BCUT2D eigenvalue weighted by Gasteiger charge is -2.41. The molecule has 23 heteroatoms. The number of hydrogen-bond acceptors (Lipinski definition) is 12. The van der Waals surface area contributed by atoms with Crippen molar-refractivity contribution in [2.45, 2.75) is 68.7 Å². The summed E-state index contributed by atoms with van der Waals surface area (Å²) < 4.78 is 125. The Bertz CT molecular complexity index is 1750. The molecule has 0 saturated carbocycles. The summed E-state index contributed by atoms with van der Waals surface area (Å²) in [5.74, 6) is -0.906. The minimum Gasteiger partial charge on any atom is -0.394 e. The summed E-state index contributed by atoms with van der Waals surface area (Å²) >= 11 is 0. The van der Waals surface area contributed by atoms with Gasteiger partial charge in [-0.1, -0.05) is 12.1 Å². The zero-order valence-corrected chi connectivity index (χ0v) is 28.7. The molecule has 7 N–H and O–H groups in total. The highest BCUT2D eigenvalue weighted by Crippen LogP contribution is 2.44. The largest absolute Gasteiger partial charge is 0.457 e. The van der Waals surface area contributed by atoms with E-state index >= 15 is 0 Å². The van der Waals surface area contributed by atoms with Crippen LogP contribution in [0.4, 0.5) is 30.7 Å². The number of aromatic nitrogens is 3. The molecule has 15 nitrogen and oxygen atoms in total. The lowest BCUT2D eigenvalue weighted by Crippen LogP contribution is -2.49. The number of ether oxygens (including phenoxy) is 2. The minimum absolute atomic E-state index is 0.0272. The fourth-order valence-corrected chi connectivity index (χ4v) is 6.63. The van der Waals surface area contributed by atoms with E-state index in [0.29, 0.717) is 17.7 Å². The maximum Gasteiger partial charge on any atom is 0.457 e. The molecule has 4 rings (SSSR count). The van der Waals surface area contributed by atoms with Crippen LogP contribution in [0.1, 0.15) is 47.1 Å². The minimum atomic E-state index is -5.27. The van der Waals surface area contributed by atoms with Gasteiger partial charge in [-0.3, -0.25) is 14.4 Å². The summed E-state index contributed by atoms with van der Waals surface area (Å²) in [6.07, 6.45) is -20.7.